The van der Waals surface area contributed by atoms with Crippen molar-refractivity contribution < 1.29 is 0 Å². The van der Waals surface area contributed by atoms with Gasteiger partial charge >= 0.3 is 0 Å². The van der Waals surface area contributed by atoms with Crippen molar-refractivity contribution in [2.75, 3.05) is 0 Å². The van der Waals surface area contributed by atoms with E-state index in [-0.39, 0.29) is 0 Å². The molecule has 0 aliphatic heterocycles. The molecule has 2 rings (SSSR count). The van der Waals surface area contributed by atoms with E-state index in [1.807, 2.05) is 13.8 Å². The lowest BCUT2D eigenvalue weighted by atomic mass is 9.95. The molecule has 0 heteroatoms. The minimum absolute atomic E-state index is 0.693. The first-order valence-electron chi connectivity index (χ1n) is 5.89. The van der Waals surface area contributed by atoms with Crippen molar-refractivity contribution in [1.29, 1.82) is 0 Å². The molecule has 0 atom stereocenters. The summed E-state index contributed by atoms with van der Waals surface area (Å²) in [6.07, 6.45) is 3.97. The zero-order valence-electron chi connectivity index (χ0n) is 9.93. The van der Waals surface area contributed by atoms with Gasteiger partial charge in [0.05, 0.1) is 0 Å². The highest BCUT2D eigenvalue weighted by atomic mass is 14.2. The molecule has 1 aromatic carbocycles. The van der Waals surface area contributed by atoms with Crippen LogP contribution in [0.3, 0.4) is 0 Å². The van der Waals surface area contributed by atoms with Gasteiger partial charge in [-0.25, -0.2) is 0 Å². The van der Waals surface area contributed by atoms with Crippen LogP contribution >= 0.6 is 0 Å². The highest BCUT2D eigenvalue weighted by molar-refractivity contribution is 5.39. The van der Waals surface area contributed by atoms with E-state index >= 15 is 0 Å². The number of rotatable bonds is 1. The molecule has 0 saturated heterocycles. The van der Waals surface area contributed by atoms with Crippen molar-refractivity contribution in [3.63, 3.8) is 0 Å². The summed E-state index contributed by atoms with van der Waals surface area (Å²) in [5, 5.41) is 0. The van der Waals surface area contributed by atoms with Crippen LogP contribution in [0, 0.1) is 0 Å². The van der Waals surface area contributed by atoms with E-state index in [1.54, 1.807) is 16.7 Å². The predicted molar refractivity (Wildman–Crippen MR) is 63.9 cm³/mol. The Kier molecular flexibility index (Phi) is 4.19. The molecule has 0 radical (unpaired) electrons. The third kappa shape index (κ3) is 2.17. The van der Waals surface area contributed by atoms with E-state index in [0.29, 0.717) is 5.92 Å². The van der Waals surface area contributed by atoms with Gasteiger partial charge in [-0.2, -0.15) is 0 Å². The first kappa shape index (κ1) is 11.3. The SMILES string of the molecule is CC.CC(C)c1cccc2c1CCC2. The van der Waals surface area contributed by atoms with Gasteiger partial charge in [0.15, 0.2) is 0 Å². The Bertz CT molecular complexity index is 284. The van der Waals surface area contributed by atoms with Crippen LogP contribution in [-0.2, 0) is 12.8 Å². The topological polar surface area (TPSA) is 0 Å². The van der Waals surface area contributed by atoms with Gasteiger partial charge in [0.2, 0.25) is 0 Å². The Labute approximate surface area is 88.4 Å². The van der Waals surface area contributed by atoms with Gasteiger partial charge in [-0.15, -0.1) is 0 Å². The van der Waals surface area contributed by atoms with Gasteiger partial charge in [-0.3, -0.25) is 0 Å². The second-order valence-corrected chi connectivity index (χ2v) is 3.99. The van der Waals surface area contributed by atoms with Gasteiger partial charge < -0.3 is 0 Å². The average Bonchev–Trinajstić information content (AvgIpc) is 2.67. The van der Waals surface area contributed by atoms with Gasteiger partial charge in [0.25, 0.3) is 0 Å². The largest absolute Gasteiger partial charge is 0.0683 e. The molecule has 78 valence electrons. The lowest BCUT2D eigenvalue weighted by Gasteiger charge is -2.10. The lowest BCUT2D eigenvalue weighted by molar-refractivity contribution is 0.838. The molecule has 0 spiro atoms. The molecule has 0 saturated carbocycles. The van der Waals surface area contributed by atoms with Crippen molar-refractivity contribution >= 4 is 0 Å². The first-order valence-corrected chi connectivity index (χ1v) is 5.89. The van der Waals surface area contributed by atoms with Crippen molar-refractivity contribution in [3.05, 3.63) is 34.9 Å². The van der Waals surface area contributed by atoms with E-state index in [9.17, 15) is 0 Å². The number of benzene rings is 1. The summed E-state index contributed by atoms with van der Waals surface area (Å²) >= 11 is 0. The van der Waals surface area contributed by atoms with Crippen molar-refractivity contribution in [1.82, 2.24) is 0 Å². The van der Waals surface area contributed by atoms with E-state index < -0.39 is 0 Å². The summed E-state index contributed by atoms with van der Waals surface area (Å²) in [6.45, 7) is 8.57. The molecule has 0 fully saturated rings. The summed E-state index contributed by atoms with van der Waals surface area (Å²) in [5.41, 5.74) is 4.82. The molecule has 1 aromatic rings. The van der Waals surface area contributed by atoms with Crippen LogP contribution in [0.1, 0.15) is 56.7 Å². The minimum Gasteiger partial charge on any atom is -0.0683 e. The standard InChI is InChI=1S/C12H16.C2H6/c1-9(2)11-7-3-5-10-6-4-8-12(10)11;1-2/h3,5,7,9H,4,6,8H2,1-2H3;1-2H3. The number of hydrogen-bond acceptors (Lipinski definition) is 0. The molecule has 0 unspecified atom stereocenters. The Morgan fingerprint density at radius 3 is 2.43 bits per heavy atom. The normalized spacial score (nSPS) is 13.5. The third-order valence-corrected chi connectivity index (χ3v) is 2.80. The molecule has 1 aliphatic carbocycles. The smallest absolute Gasteiger partial charge is 0.0216 e. The van der Waals surface area contributed by atoms with Gasteiger partial charge in [-0.1, -0.05) is 45.9 Å². The Morgan fingerprint density at radius 1 is 1.07 bits per heavy atom. The molecule has 0 N–H and O–H groups in total. The summed E-state index contributed by atoms with van der Waals surface area (Å²) in [4.78, 5) is 0. The highest BCUT2D eigenvalue weighted by Crippen LogP contribution is 2.29. The van der Waals surface area contributed by atoms with Crippen LogP contribution in [0.2, 0.25) is 0 Å². The van der Waals surface area contributed by atoms with Crippen LogP contribution in [0.25, 0.3) is 0 Å². The van der Waals surface area contributed by atoms with Crippen LogP contribution in [-0.4, -0.2) is 0 Å². The predicted octanol–water partition coefficient (Wildman–Crippen LogP) is 4.32. The van der Waals surface area contributed by atoms with E-state index in [2.05, 4.69) is 32.0 Å². The molecule has 0 amide bonds. The fraction of sp³-hybridized carbons (Fsp3) is 0.571. The molecule has 0 aromatic heterocycles. The van der Waals surface area contributed by atoms with E-state index in [0.717, 1.165) is 0 Å². The van der Waals surface area contributed by atoms with Gasteiger partial charge in [-0.05, 0) is 41.9 Å². The number of fused-ring (bicyclic) bond motifs is 1. The first-order chi connectivity index (χ1) is 6.79. The Hall–Kier alpha value is -0.780. The Balaban J connectivity index is 0.000000461. The molecule has 0 heterocycles. The molecule has 0 nitrogen and oxygen atoms in total. The maximum Gasteiger partial charge on any atom is -0.0216 e. The molecule has 0 bridgehead atoms. The third-order valence-electron chi connectivity index (χ3n) is 2.80. The number of aryl methyl sites for hydroxylation is 1. The fourth-order valence-corrected chi connectivity index (χ4v) is 2.19. The van der Waals surface area contributed by atoms with E-state index in [1.165, 1.54) is 19.3 Å². The number of hydrogen-bond donors (Lipinski definition) is 0. The summed E-state index contributed by atoms with van der Waals surface area (Å²) in [7, 11) is 0. The summed E-state index contributed by atoms with van der Waals surface area (Å²) in [6, 6.07) is 6.78. The zero-order chi connectivity index (χ0) is 10.6. The van der Waals surface area contributed by atoms with E-state index in [4.69, 9.17) is 0 Å². The van der Waals surface area contributed by atoms with Crippen LogP contribution in [0.5, 0.6) is 0 Å². The second-order valence-electron chi connectivity index (χ2n) is 3.99. The minimum atomic E-state index is 0.693. The molecular formula is C14H22. The lowest BCUT2D eigenvalue weighted by Crippen LogP contribution is -1.94. The quantitative estimate of drug-likeness (QED) is 0.618. The van der Waals surface area contributed by atoms with Gasteiger partial charge in [0.1, 0.15) is 0 Å². The average molecular weight is 190 g/mol. The summed E-state index contributed by atoms with van der Waals surface area (Å²) in [5.74, 6) is 0.693. The second kappa shape index (κ2) is 5.19. The Morgan fingerprint density at radius 2 is 1.79 bits per heavy atom. The summed E-state index contributed by atoms with van der Waals surface area (Å²) < 4.78 is 0. The van der Waals surface area contributed by atoms with Crippen molar-refractivity contribution in [3.8, 4) is 0 Å². The zero-order valence-corrected chi connectivity index (χ0v) is 9.93. The van der Waals surface area contributed by atoms with Crippen molar-refractivity contribution in [2.45, 2.75) is 52.9 Å². The maximum atomic E-state index is 2.29. The maximum absolute atomic E-state index is 2.29. The molecule has 1 aliphatic rings. The molecule has 14 heavy (non-hydrogen) atoms. The van der Waals surface area contributed by atoms with Crippen LogP contribution in [0.4, 0.5) is 0 Å². The monoisotopic (exact) mass is 190 g/mol. The van der Waals surface area contributed by atoms with Crippen LogP contribution in [0.15, 0.2) is 18.2 Å². The molecular weight excluding hydrogens is 168 g/mol. The fourth-order valence-electron chi connectivity index (χ4n) is 2.19. The van der Waals surface area contributed by atoms with Crippen LogP contribution < -0.4 is 0 Å². The highest BCUT2D eigenvalue weighted by Gasteiger charge is 2.15. The van der Waals surface area contributed by atoms with Gasteiger partial charge in [0, 0.05) is 0 Å². The van der Waals surface area contributed by atoms with Crippen molar-refractivity contribution in [2.24, 2.45) is 0 Å².